The molecule has 28 heavy (non-hydrogen) atoms. The van der Waals surface area contributed by atoms with Gasteiger partial charge in [0.2, 0.25) is 10.3 Å². The van der Waals surface area contributed by atoms with Crippen LogP contribution >= 0.6 is 11.3 Å². The molecule has 0 bridgehead atoms. The third-order valence-corrected chi connectivity index (χ3v) is 6.04. The van der Waals surface area contributed by atoms with Crippen LogP contribution in [0.1, 0.15) is 49.2 Å². The van der Waals surface area contributed by atoms with Crippen molar-refractivity contribution in [3.8, 4) is 11.3 Å². The van der Waals surface area contributed by atoms with Gasteiger partial charge in [0.15, 0.2) is 0 Å². The Hall–Kier alpha value is -2.74. The van der Waals surface area contributed by atoms with Crippen LogP contribution in [0, 0.1) is 6.92 Å². The number of carbonyl (C=O) groups is 1. The van der Waals surface area contributed by atoms with E-state index in [9.17, 15) is 4.79 Å². The maximum absolute atomic E-state index is 12.9. The zero-order chi connectivity index (χ0) is 19.7. The molecule has 7 nitrogen and oxygen atoms in total. The molecular formula is C20H23N5O2S. The van der Waals surface area contributed by atoms with Crippen LogP contribution in [0.3, 0.4) is 0 Å². The van der Waals surface area contributed by atoms with E-state index in [1.807, 2.05) is 30.3 Å². The fourth-order valence-corrected chi connectivity index (χ4v) is 4.71. The molecule has 1 saturated heterocycles. The van der Waals surface area contributed by atoms with Crippen molar-refractivity contribution in [2.24, 2.45) is 0 Å². The van der Waals surface area contributed by atoms with Crippen molar-refractivity contribution in [3.63, 3.8) is 0 Å². The number of benzene rings is 1. The number of rotatable bonds is 4. The van der Waals surface area contributed by atoms with Gasteiger partial charge in [0.1, 0.15) is 17.0 Å². The molecule has 1 aliphatic rings. The maximum atomic E-state index is 12.9. The highest BCUT2D eigenvalue weighted by atomic mass is 32.1. The molecule has 146 valence electrons. The van der Waals surface area contributed by atoms with E-state index in [4.69, 9.17) is 4.52 Å². The fourth-order valence-electron chi connectivity index (χ4n) is 3.76. The highest BCUT2D eigenvalue weighted by Crippen LogP contribution is 2.33. The van der Waals surface area contributed by atoms with Gasteiger partial charge in [-0.15, -0.1) is 10.2 Å². The number of aromatic nitrogens is 3. The standard InChI is InChI=1S/C20H23N5O2S/c1-12-8-7-9-13(2)25(12)20-23-22-19(28-20)21-18(26)16-14(3)27-24-17(16)15-10-5-4-6-11-15/h4-6,10-13H,7-9H2,1-3H3,(H,21,22,26). The normalized spacial score (nSPS) is 19.6. The van der Waals surface area contributed by atoms with Gasteiger partial charge in [-0.3, -0.25) is 10.1 Å². The van der Waals surface area contributed by atoms with E-state index in [0.29, 0.717) is 34.2 Å². The molecule has 1 amide bonds. The van der Waals surface area contributed by atoms with Crippen molar-refractivity contribution >= 4 is 27.5 Å². The van der Waals surface area contributed by atoms with Crippen molar-refractivity contribution < 1.29 is 9.32 Å². The first-order valence-electron chi connectivity index (χ1n) is 9.49. The van der Waals surface area contributed by atoms with Crippen molar-refractivity contribution in [2.45, 2.75) is 52.1 Å². The Morgan fingerprint density at radius 1 is 1.18 bits per heavy atom. The summed E-state index contributed by atoms with van der Waals surface area (Å²) in [5.74, 6) is 0.180. The molecule has 2 atom stereocenters. The Bertz CT molecular complexity index is 958. The Balaban J connectivity index is 1.56. The molecule has 0 spiro atoms. The van der Waals surface area contributed by atoms with Gasteiger partial charge < -0.3 is 9.42 Å². The summed E-state index contributed by atoms with van der Waals surface area (Å²) in [5.41, 5.74) is 1.78. The fraction of sp³-hybridized carbons (Fsp3) is 0.400. The molecule has 4 rings (SSSR count). The number of nitrogens with zero attached hydrogens (tertiary/aromatic N) is 4. The summed E-state index contributed by atoms with van der Waals surface area (Å²) in [4.78, 5) is 15.2. The lowest BCUT2D eigenvalue weighted by Gasteiger charge is -2.38. The number of anilines is 2. The van der Waals surface area contributed by atoms with E-state index in [-0.39, 0.29) is 5.91 Å². The SMILES string of the molecule is Cc1onc(-c2ccccc2)c1C(=O)Nc1nnc(N2C(C)CCCC2C)s1. The molecular weight excluding hydrogens is 374 g/mol. The molecule has 0 radical (unpaired) electrons. The van der Waals surface area contributed by atoms with Crippen molar-refractivity contribution in [2.75, 3.05) is 10.2 Å². The zero-order valence-electron chi connectivity index (χ0n) is 16.2. The van der Waals surface area contributed by atoms with Crippen LogP contribution in [0.15, 0.2) is 34.9 Å². The first-order chi connectivity index (χ1) is 13.5. The first kappa shape index (κ1) is 18.6. The van der Waals surface area contributed by atoms with Gasteiger partial charge in [-0.05, 0) is 40.0 Å². The topological polar surface area (TPSA) is 84.2 Å². The number of nitrogens with one attached hydrogen (secondary N) is 1. The Morgan fingerprint density at radius 3 is 2.61 bits per heavy atom. The van der Waals surface area contributed by atoms with Gasteiger partial charge in [-0.1, -0.05) is 46.8 Å². The van der Waals surface area contributed by atoms with Crippen LogP contribution in [0.25, 0.3) is 11.3 Å². The van der Waals surface area contributed by atoms with Crippen molar-refractivity contribution in [1.29, 1.82) is 0 Å². The van der Waals surface area contributed by atoms with E-state index in [1.165, 1.54) is 17.8 Å². The molecule has 1 aromatic carbocycles. The molecule has 1 N–H and O–H groups in total. The molecule has 8 heteroatoms. The number of amides is 1. The van der Waals surface area contributed by atoms with Gasteiger partial charge in [0.05, 0.1) is 0 Å². The molecule has 1 aliphatic heterocycles. The number of aryl methyl sites for hydroxylation is 1. The number of hydrogen-bond acceptors (Lipinski definition) is 7. The summed E-state index contributed by atoms with van der Waals surface area (Å²) in [5, 5.41) is 16.8. The minimum atomic E-state index is -0.292. The van der Waals surface area contributed by atoms with Crippen LogP contribution in [0.4, 0.5) is 10.3 Å². The van der Waals surface area contributed by atoms with Crippen molar-refractivity contribution in [1.82, 2.24) is 15.4 Å². The van der Waals surface area contributed by atoms with Gasteiger partial charge in [-0.2, -0.15) is 0 Å². The Morgan fingerprint density at radius 2 is 1.89 bits per heavy atom. The second-order valence-corrected chi connectivity index (χ2v) is 8.16. The van der Waals surface area contributed by atoms with E-state index in [1.54, 1.807) is 6.92 Å². The summed E-state index contributed by atoms with van der Waals surface area (Å²) in [6.45, 7) is 6.15. The minimum Gasteiger partial charge on any atom is -0.360 e. The maximum Gasteiger partial charge on any atom is 0.263 e. The van der Waals surface area contributed by atoms with Gasteiger partial charge in [-0.25, -0.2) is 0 Å². The first-order valence-corrected chi connectivity index (χ1v) is 10.3. The van der Waals surface area contributed by atoms with E-state index in [0.717, 1.165) is 23.5 Å². The zero-order valence-corrected chi connectivity index (χ0v) is 17.0. The summed E-state index contributed by atoms with van der Waals surface area (Å²) >= 11 is 1.40. The highest BCUT2D eigenvalue weighted by molar-refractivity contribution is 7.19. The van der Waals surface area contributed by atoms with Crippen LogP contribution in [-0.2, 0) is 0 Å². The average Bonchev–Trinajstić information content (AvgIpc) is 3.29. The molecule has 1 fully saturated rings. The van der Waals surface area contributed by atoms with Gasteiger partial charge >= 0.3 is 0 Å². The summed E-state index contributed by atoms with van der Waals surface area (Å²) < 4.78 is 5.29. The molecule has 3 heterocycles. The van der Waals surface area contributed by atoms with Crippen LogP contribution < -0.4 is 10.2 Å². The molecule has 0 aliphatic carbocycles. The molecule has 3 aromatic rings. The van der Waals surface area contributed by atoms with Gasteiger partial charge in [0.25, 0.3) is 5.91 Å². The van der Waals surface area contributed by atoms with Crippen molar-refractivity contribution in [3.05, 3.63) is 41.7 Å². The third kappa shape index (κ3) is 3.52. The largest absolute Gasteiger partial charge is 0.360 e. The van der Waals surface area contributed by atoms with Crippen LogP contribution in [0.5, 0.6) is 0 Å². The second-order valence-electron chi connectivity index (χ2n) is 7.21. The Kier molecular flexibility index (Phi) is 5.13. The summed E-state index contributed by atoms with van der Waals surface area (Å²) in [6, 6.07) is 10.4. The monoisotopic (exact) mass is 397 g/mol. The summed E-state index contributed by atoms with van der Waals surface area (Å²) in [7, 11) is 0. The Labute approximate surface area is 167 Å². The van der Waals surface area contributed by atoms with Crippen LogP contribution in [-0.4, -0.2) is 33.3 Å². The average molecular weight is 398 g/mol. The number of hydrogen-bond donors (Lipinski definition) is 1. The van der Waals surface area contributed by atoms with E-state index in [2.05, 4.69) is 39.4 Å². The number of piperidine rings is 1. The lowest BCUT2D eigenvalue weighted by molar-refractivity contribution is 0.102. The van der Waals surface area contributed by atoms with E-state index < -0.39 is 0 Å². The predicted octanol–water partition coefficient (Wildman–Crippen LogP) is 4.52. The second kappa shape index (κ2) is 7.71. The quantitative estimate of drug-likeness (QED) is 0.697. The minimum absolute atomic E-state index is 0.292. The third-order valence-electron chi connectivity index (χ3n) is 5.19. The molecule has 2 aromatic heterocycles. The molecule has 0 saturated carbocycles. The molecule has 2 unspecified atom stereocenters. The lowest BCUT2D eigenvalue weighted by Crippen LogP contribution is -2.43. The van der Waals surface area contributed by atoms with Gasteiger partial charge in [0, 0.05) is 17.6 Å². The highest BCUT2D eigenvalue weighted by Gasteiger charge is 2.28. The van der Waals surface area contributed by atoms with Crippen LogP contribution in [0.2, 0.25) is 0 Å². The number of carbonyl (C=O) groups excluding carboxylic acids is 1. The smallest absolute Gasteiger partial charge is 0.263 e. The lowest BCUT2D eigenvalue weighted by atomic mass is 9.98. The van der Waals surface area contributed by atoms with E-state index >= 15 is 0 Å². The predicted molar refractivity (Wildman–Crippen MR) is 110 cm³/mol. The summed E-state index contributed by atoms with van der Waals surface area (Å²) in [6.07, 6.45) is 3.52.